The van der Waals surface area contributed by atoms with E-state index in [1.54, 1.807) is 7.11 Å². The van der Waals surface area contributed by atoms with Crippen molar-refractivity contribution in [1.29, 1.82) is 0 Å². The fraction of sp³-hybridized carbons (Fsp3) is 0.214. The van der Waals surface area contributed by atoms with Crippen molar-refractivity contribution in [2.24, 2.45) is 0 Å². The summed E-state index contributed by atoms with van der Waals surface area (Å²) in [6.45, 7) is 2.08. The van der Waals surface area contributed by atoms with E-state index >= 15 is 0 Å². The zero-order valence-corrected chi connectivity index (χ0v) is 10.7. The Hall–Kier alpha value is -1.61. The molecule has 0 radical (unpaired) electrons. The maximum absolute atomic E-state index is 12.3. The molecule has 1 aromatic carbocycles. The van der Waals surface area contributed by atoms with E-state index in [-0.39, 0.29) is 5.78 Å². The number of benzene rings is 1. The molecule has 0 aliphatic heterocycles. The maximum atomic E-state index is 12.3. The first kappa shape index (κ1) is 11.9. The van der Waals surface area contributed by atoms with Crippen molar-refractivity contribution in [3.05, 3.63) is 51.7 Å². The van der Waals surface area contributed by atoms with Crippen LogP contribution >= 0.6 is 11.3 Å². The van der Waals surface area contributed by atoms with E-state index < -0.39 is 0 Å². The molecule has 1 heterocycles. The van der Waals surface area contributed by atoms with Gasteiger partial charge in [0.25, 0.3) is 0 Å². The van der Waals surface area contributed by atoms with Gasteiger partial charge in [-0.2, -0.15) is 0 Å². The highest BCUT2D eigenvalue weighted by molar-refractivity contribution is 7.12. The molecule has 0 amide bonds. The lowest BCUT2D eigenvalue weighted by molar-refractivity contribution is 0.104. The highest BCUT2D eigenvalue weighted by Crippen LogP contribution is 2.27. The van der Waals surface area contributed by atoms with Gasteiger partial charge in [-0.25, -0.2) is 0 Å². The summed E-state index contributed by atoms with van der Waals surface area (Å²) in [6.07, 6.45) is 0.933. The number of carbonyl (C=O) groups is 1. The van der Waals surface area contributed by atoms with Gasteiger partial charge in [0.05, 0.1) is 7.11 Å². The third kappa shape index (κ3) is 2.39. The van der Waals surface area contributed by atoms with Crippen LogP contribution in [0.3, 0.4) is 0 Å². The van der Waals surface area contributed by atoms with Crippen LogP contribution in [-0.4, -0.2) is 12.9 Å². The van der Waals surface area contributed by atoms with Crippen LogP contribution in [0.15, 0.2) is 35.7 Å². The molecule has 17 heavy (non-hydrogen) atoms. The molecule has 88 valence electrons. The fourth-order valence-corrected chi connectivity index (χ4v) is 2.51. The molecule has 2 nitrogen and oxygen atoms in total. The van der Waals surface area contributed by atoms with Crippen LogP contribution in [0, 0.1) is 0 Å². The van der Waals surface area contributed by atoms with Gasteiger partial charge in [0, 0.05) is 5.56 Å². The standard InChI is InChI=1S/C14H14O2S/c1-3-10-5-4-6-11(9-10)13(15)14-12(16-2)7-8-17-14/h4-9H,3H2,1-2H3. The van der Waals surface area contributed by atoms with Crippen molar-refractivity contribution < 1.29 is 9.53 Å². The number of thiophene rings is 1. The largest absolute Gasteiger partial charge is 0.495 e. The molecule has 0 unspecified atom stereocenters. The predicted octanol–water partition coefficient (Wildman–Crippen LogP) is 3.55. The third-order valence-corrected chi connectivity index (χ3v) is 3.55. The first-order valence-corrected chi connectivity index (χ1v) is 6.39. The summed E-state index contributed by atoms with van der Waals surface area (Å²) in [7, 11) is 1.58. The molecule has 1 aromatic heterocycles. The van der Waals surface area contributed by atoms with Crippen LogP contribution < -0.4 is 4.74 Å². The van der Waals surface area contributed by atoms with E-state index in [0.717, 1.165) is 12.0 Å². The van der Waals surface area contributed by atoms with Crippen LogP contribution in [0.5, 0.6) is 5.75 Å². The van der Waals surface area contributed by atoms with E-state index in [1.807, 2.05) is 35.7 Å². The van der Waals surface area contributed by atoms with Crippen LogP contribution in [0.4, 0.5) is 0 Å². The van der Waals surface area contributed by atoms with Crippen molar-refractivity contribution in [2.45, 2.75) is 13.3 Å². The fourth-order valence-electron chi connectivity index (χ4n) is 1.69. The second-order valence-corrected chi connectivity index (χ2v) is 4.62. The van der Waals surface area contributed by atoms with Gasteiger partial charge in [-0.15, -0.1) is 11.3 Å². The molecule has 0 fully saturated rings. The van der Waals surface area contributed by atoms with Crippen molar-refractivity contribution in [3.8, 4) is 5.75 Å². The van der Waals surface area contributed by atoms with Gasteiger partial charge < -0.3 is 4.74 Å². The molecule has 0 N–H and O–H groups in total. The Labute approximate surface area is 105 Å². The van der Waals surface area contributed by atoms with Gasteiger partial charge in [0.1, 0.15) is 10.6 Å². The Bertz CT molecular complexity index is 529. The average Bonchev–Trinajstić information content (AvgIpc) is 2.86. The minimum atomic E-state index is 0.0344. The third-order valence-electron chi connectivity index (χ3n) is 2.65. The summed E-state index contributed by atoms with van der Waals surface area (Å²) >= 11 is 1.42. The first-order chi connectivity index (χ1) is 8.26. The molecule has 0 saturated heterocycles. The SMILES string of the molecule is CCc1cccc(C(=O)c2sccc2OC)c1. The smallest absolute Gasteiger partial charge is 0.206 e. The molecule has 0 bridgehead atoms. The number of hydrogen-bond acceptors (Lipinski definition) is 3. The first-order valence-electron chi connectivity index (χ1n) is 5.51. The second-order valence-electron chi connectivity index (χ2n) is 3.70. The van der Waals surface area contributed by atoms with E-state index in [1.165, 1.54) is 16.9 Å². The number of hydrogen-bond donors (Lipinski definition) is 0. The van der Waals surface area contributed by atoms with Gasteiger partial charge >= 0.3 is 0 Å². The quantitative estimate of drug-likeness (QED) is 0.771. The number of carbonyl (C=O) groups excluding carboxylic acids is 1. The average molecular weight is 246 g/mol. The van der Waals surface area contributed by atoms with E-state index in [0.29, 0.717) is 10.6 Å². The number of ketones is 1. The van der Waals surface area contributed by atoms with Crippen molar-refractivity contribution in [1.82, 2.24) is 0 Å². The van der Waals surface area contributed by atoms with Crippen molar-refractivity contribution >= 4 is 17.1 Å². The molecule has 0 atom stereocenters. The van der Waals surface area contributed by atoms with E-state index in [9.17, 15) is 4.79 Å². The van der Waals surface area contributed by atoms with Crippen molar-refractivity contribution in [2.75, 3.05) is 7.11 Å². The number of methoxy groups -OCH3 is 1. The Morgan fingerprint density at radius 2 is 2.18 bits per heavy atom. The molecule has 2 aromatic rings. The predicted molar refractivity (Wildman–Crippen MR) is 70.1 cm³/mol. The Balaban J connectivity index is 2.36. The molecule has 0 aliphatic rings. The summed E-state index contributed by atoms with van der Waals surface area (Å²) in [4.78, 5) is 13.0. The minimum Gasteiger partial charge on any atom is -0.495 e. The zero-order valence-electron chi connectivity index (χ0n) is 9.90. The summed E-state index contributed by atoms with van der Waals surface area (Å²) in [5.74, 6) is 0.689. The summed E-state index contributed by atoms with van der Waals surface area (Å²) in [6, 6.07) is 9.57. The summed E-state index contributed by atoms with van der Waals surface area (Å²) in [5, 5.41) is 1.87. The van der Waals surface area contributed by atoms with E-state index in [2.05, 4.69) is 6.92 Å². The molecular weight excluding hydrogens is 232 g/mol. The molecule has 0 saturated carbocycles. The molecule has 3 heteroatoms. The van der Waals surface area contributed by atoms with Crippen LogP contribution in [-0.2, 0) is 6.42 Å². The topological polar surface area (TPSA) is 26.3 Å². The summed E-state index contributed by atoms with van der Waals surface area (Å²) < 4.78 is 5.17. The van der Waals surface area contributed by atoms with Crippen LogP contribution in [0.25, 0.3) is 0 Å². The number of rotatable bonds is 4. The number of ether oxygens (including phenoxy) is 1. The lowest BCUT2D eigenvalue weighted by Crippen LogP contribution is -2.01. The molecule has 2 rings (SSSR count). The number of aryl methyl sites for hydroxylation is 1. The van der Waals surface area contributed by atoms with Crippen LogP contribution in [0.1, 0.15) is 27.7 Å². The van der Waals surface area contributed by atoms with Gasteiger partial charge in [-0.3, -0.25) is 4.79 Å². The van der Waals surface area contributed by atoms with Crippen molar-refractivity contribution in [3.63, 3.8) is 0 Å². The Morgan fingerprint density at radius 1 is 1.35 bits per heavy atom. The minimum absolute atomic E-state index is 0.0344. The summed E-state index contributed by atoms with van der Waals surface area (Å²) in [5.41, 5.74) is 1.90. The lowest BCUT2D eigenvalue weighted by Gasteiger charge is -2.03. The van der Waals surface area contributed by atoms with Gasteiger partial charge in [-0.05, 0) is 29.5 Å². The van der Waals surface area contributed by atoms with Gasteiger partial charge in [0.2, 0.25) is 5.78 Å². The second kappa shape index (κ2) is 5.15. The Morgan fingerprint density at radius 3 is 2.88 bits per heavy atom. The van der Waals surface area contributed by atoms with Gasteiger partial charge in [-0.1, -0.05) is 25.1 Å². The monoisotopic (exact) mass is 246 g/mol. The maximum Gasteiger partial charge on any atom is 0.206 e. The molecular formula is C14H14O2S. The zero-order chi connectivity index (χ0) is 12.3. The highest BCUT2D eigenvalue weighted by atomic mass is 32.1. The van der Waals surface area contributed by atoms with Crippen LogP contribution in [0.2, 0.25) is 0 Å². The van der Waals surface area contributed by atoms with Gasteiger partial charge in [0.15, 0.2) is 0 Å². The molecule has 0 aliphatic carbocycles. The highest BCUT2D eigenvalue weighted by Gasteiger charge is 2.15. The normalized spacial score (nSPS) is 10.2. The lowest BCUT2D eigenvalue weighted by atomic mass is 10.0. The molecule has 0 spiro atoms. The Kier molecular flexibility index (Phi) is 3.59. The van der Waals surface area contributed by atoms with E-state index in [4.69, 9.17) is 4.74 Å².